The first-order valence-corrected chi connectivity index (χ1v) is 9.84. The van der Waals surface area contributed by atoms with Crippen molar-refractivity contribution in [3.63, 3.8) is 0 Å². The van der Waals surface area contributed by atoms with Crippen LogP contribution in [0.3, 0.4) is 0 Å². The van der Waals surface area contributed by atoms with E-state index in [1.54, 1.807) is 6.20 Å². The Balaban J connectivity index is 1.67. The number of carbonyl (C=O) groups is 1. The van der Waals surface area contributed by atoms with E-state index in [4.69, 9.17) is 0 Å². The van der Waals surface area contributed by atoms with Gasteiger partial charge in [0.2, 0.25) is 5.95 Å². The molecule has 2 atom stereocenters. The molecule has 3 aromatic heterocycles. The second-order valence-corrected chi connectivity index (χ2v) is 7.74. The molecule has 0 bridgehead atoms. The van der Waals surface area contributed by atoms with Gasteiger partial charge < -0.3 is 10.2 Å². The van der Waals surface area contributed by atoms with Crippen LogP contribution >= 0.6 is 11.3 Å². The van der Waals surface area contributed by atoms with Gasteiger partial charge in [0.1, 0.15) is 5.82 Å². The molecule has 1 aliphatic rings. The number of hydrogen-bond donors (Lipinski definition) is 1. The third-order valence-electron chi connectivity index (χ3n) is 4.89. The van der Waals surface area contributed by atoms with Crippen LogP contribution in [0.15, 0.2) is 29.9 Å². The van der Waals surface area contributed by atoms with Gasteiger partial charge in [-0.1, -0.05) is 0 Å². The van der Waals surface area contributed by atoms with E-state index < -0.39 is 5.82 Å². The highest BCUT2D eigenvalue weighted by Crippen LogP contribution is 2.28. The maximum absolute atomic E-state index is 13.4. The summed E-state index contributed by atoms with van der Waals surface area (Å²) in [5.74, 6) is -0.0971. The van der Waals surface area contributed by atoms with Crippen molar-refractivity contribution < 1.29 is 9.18 Å². The zero-order valence-electron chi connectivity index (χ0n) is 15.1. The van der Waals surface area contributed by atoms with Gasteiger partial charge in [0.05, 0.1) is 22.5 Å². The summed E-state index contributed by atoms with van der Waals surface area (Å²) in [6.45, 7) is 4.70. The Labute approximate surface area is 160 Å². The normalized spacial score (nSPS) is 18.0. The number of carbonyl (C=O) groups excluding carboxylic acids is 1. The molecule has 1 N–H and O–H groups in total. The summed E-state index contributed by atoms with van der Waals surface area (Å²) < 4.78 is 14.2. The third-order valence-corrected chi connectivity index (χ3v) is 5.80. The monoisotopic (exact) mass is 385 g/mol. The molecule has 27 heavy (non-hydrogen) atoms. The minimum absolute atomic E-state index is 0.0574. The summed E-state index contributed by atoms with van der Waals surface area (Å²) in [6, 6.07) is 3.27. The lowest BCUT2D eigenvalue weighted by molar-refractivity contribution is 0.0744. The second-order valence-electron chi connectivity index (χ2n) is 6.82. The van der Waals surface area contributed by atoms with Crippen molar-refractivity contribution in [3.05, 3.63) is 47.0 Å². The summed E-state index contributed by atoms with van der Waals surface area (Å²) in [7, 11) is 0. The topological polar surface area (TPSA) is 71.0 Å². The van der Waals surface area contributed by atoms with Gasteiger partial charge in [-0.25, -0.2) is 14.4 Å². The van der Waals surface area contributed by atoms with E-state index in [0.717, 1.165) is 35.8 Å². The van der Waals surface area contributed by atoms with Crippen molar-refractivity contribution in [1.29, 1.82) is 0 Å². The zero-order valence-corrected chi connectivity index (χ0v) is 16.0. The molecule has 140 valence electrons. The Kier molecular flexibility index (Phi) is 4.73. The Morgan fingerprint density at radius 1 is 1.41 bits per heavy atom. The lowest BCUT2D eigenvalue weighted by atomic mass is 10.1. The largest absolute Gasteiger partial charge is 0.348 e. The van der Waals surface area contributed by atoms with Crippen LogP contribution in [0.25, 0.3) is 10.2 Å². The first-order chi connectivity index (χ1) is 13.0. The fraction of sp³-hybridized carbons (Fsp3) is 0.368. The van der Waals surface area contributed by atoms with Gasteiger partial charge in [-0.3, -0.25) is 9.78 Å². The van der Waals surface area contributed by atoms with Crippen molar-refractivity contribution >= 4 is 33.4 Å². The quantitative estimate of drug-likeness (QED) is 0.734. The van der Waals surface area contributed by atoms with E-state index in [-0.39, 0.29) is 18.0 Å². The van der Waals surface area contributed by atoms with E-state index in [1.165, 1.54) is 17.4 Å². The van der Waals surface area contributed by atoms with Crippen LogP contribution in [0.5, 0.6) is 0 Å². The average molecular weight is 385 g/mol. The van der Waals surface area contributed by atoms with E-state index in [1.807, 2.05) is 23.3 Å². The number of nitrogens with one attached hydrogen (secondary N) is 1. The Bertz CT molecular complexity index is 991. The minimum atomic E-state index is -0.394. The van der Waals surface area contributed by atoms with Crippen molar-refractivity contribution in [2.24, 2.45) is 0 Å². The van der Waals surface area contributed by atoms with Crippen molar-refractivity contribution in [1.82, 2.24) is 19.9 Å². The molecule has 6 nitrogen and oxygen atoms in total. The summed E-state index contributed by atoms with van der Waals surface area (Å²) in [4.78, 5) is 27.9. The number of nitrogens with zero attached hydrogens (tertiary/aromatic N) is 4. The second kappa shape index (κ2) is 7.19. The van der Waals surface area contributed by atoms with Crippen LogP contribution in [0.2, 0.25) is 0 Å². The van der Waals surface area contributed by atoms with Crippen molar-refractivity contribution in [2.45, 2.75) is 38.8 Å². The number of hydrogen-bond acceptors (Lipinski definition) is 6. The maximum Gasteiger partial charge on any atom is 0.274 e. The summed E-state index contributed by atoms with van der Waals surface area (Å²) in [5.41, 5.74) is 1.85. The number of aromatic nitrogens is 3. The van der Waals surface area contributed by atoms with Gasteiger partial charge in [0, 0.05) is 18.8 Å². The number of rotatable bonds is 4. The number of halogens is 1. The molecule has 0 radical (unpaired) electrons. The molecule has 1 saturated heterocycles. The SMILES string of the molecule is CC(Nc1nc(C(=O)N2CCCC2C)c2sccc2n1)c1cncc(F)c1. The van der Waals surface area contributed by atoms with Crippen LogP contribution in [0.4, 0.5) is 10.3 Å². The lowest BCUT2D eigenvalue weighted by Crippen LogP contribution is -2.34. The average Bonchev–Trinajstić information content (AvgIpc) is 3.29. The molecule has 4 rings (SSSR count). The van der Waals surface area contributed by atoms with Gasteiger partial charge >= 0.3 is 0 Å². The standard InChI is InChI=1S/C19H20FN5OS/c1-11-4-3-6-25(11)18(26)16-17-15(5-7-27-17)23-19(24-16)22-12(2)13-8-14(20)10-21-9-13/h5,7-12H,3-4,6H2,1-2H3,(H,22,23,24). The van der Waals surface area contributed by atoms with Crippen molar-refractivity contribution in [3.8, 4) is 0 Å². The van der Waals surface area contributed by atoms with Gasteiger partial charge in [-0.15, -0.1) is 11.3 Å². The number of likely N-dealkylation sites (tertiary alicyclic amines) is 1. The van der Waals surface area contributed by atoms with Crippen molar-refractivity contribution in [2.75, 3.05) is 11.9 Å². The molecule has 0 spiro atoms. The summed E-state index contributed by atoms with van der Waals surface area (Å²) in [5, 5.41) is 5.08. The molecular formula is C19H20FN5OS. The molecule has 8 heteroatoms. The Morgan fingerprint density at radius 2 is 2.26 bits per heavy atom. The van der Waals surface area contributed by atoms with E-state index in [2.05, 4.69) is 27.2 Å². The van der Waals surface area contributed by atoms with Crippen LogP contribution in [-0.4, -0.2) is 38.3 Å². The smallest absolute Gasteiger partial charge is 0.274 e. The molecule has 0 saturated carbocycles. The fourth-order valence-corrected chi connectivity index (χ4v) is 4.20. The Morgan fingerprint density at radius 3 is 3.00 bits per heavy atom. The predicted molar refractivity (Wildman–Crippen MR) is 103 cm³/mol. The summed E-state index contributed by atoms with van der Waals surface area (Å²) in [6.07, 6.45) is 4.79. The zero-order chi connectivity index (χ0) is 19.0. The number of anilines is 1. The fourth-order valence-electron chi connectivity index (χ4n) is 3.39. The molecule has 0 aromatic carbocycles. The molecule has 2 unspecified atom stereocenters. The molecule has 0 aliphatic carbocycles. The first kappa shape index (κ1) is 17.8. The number of pyridine rings is 1. The maximum atomic E-state index is 13.4. The first-order valence-electron chi connectivity index (χ1n) is 8.96. The molecule has 1 fully saturated rings. The lowest BCUT2D eigenvalue weighted by Gasteiger charge is -2.21. The van der Waals surface area contributed by atoms with Gasteiger partial charge in [-0.2, -0.15) is 0 Å². The van der Waals surface area contributed by atoms with Crippen LogP contribution in [0, 0.1) is 5.82 Å². The van der Waals surface area contributed by atoms with Crippen LogP contribution in [0.1, 0.15) is 48.8 Å². The molecule has 1 amide bonds. The minimum Gasteiger partial charge on any atom is -0.348 e. The number of thiophene rings is 1. The highest BCUT2D eigenvalue weighted by Gasteiger charge is 2.29. The van der Waals surface area contributed by atoms with E-state index >= 15 is 0 Å². The van der Waals surface area contributed by atoms with Gasteiger partial charge in [0.25, 0.3) is 5.91 Å². The molecule has 4 heterocycles. The molecule has 3 aromatic rings. The van der Waals surface area contributed by atoms with Gasteiger partial charge in [-0.05, 0) is 49.8 Å². The van der Waals surface area contributed by atoms with Crippen LogP contribution < -0.4 is 5.32 Å². The summed E-state index contributed by atoms with van der Waals surface area (Å²) >= 11 is 1.47. The predicted octanol–water partition coefficient (Wildman–Crippen LogP) is 4.02. The third kappa shape index (κ3) is 3.49. The number of amides is 1. The van der Waals surface area contributed by atoms with E-state index in [0.29, 0.717) is 17.2 Å². The highest BCUT2D eigenvalue weighted by molar-refractivity contribution is 7.17. The highest BCUT2D eigenvalue weighted by atomic mass is 32.1. The van der Waals surface area contributed by atoms with E-state index in [9.17, 15) is 9.18 Å². The van der Waals surface area contributed by atoms with Gasteiger partial charge in [0.15, 0.2) is 5.69 Å². The van der Waals surface area contributed by atoms with Crippen LogP contribution in [-0.2, 0) is 0 Å². The molecular weight excluding hydrogens is 365 g/mol. The number of fused-ring (bicyclic) bond motifs is 1. The Hall–Kier alpha value is -2.61. The molecule has 1 aliphatic heterocycles.